The van der Waals surface area contributed by atoms with Crippen molar-refractivity contribution in [1.29, 1.82) is 0 Å². The number of hydrogen-bond acceptors (Lipinski definition) is 4. The Balaban J connectivity index is 2.33. The highest BCUT2D eigenvalue weighted by Gasteiger charge is 2.23. The number of sulfonamides is 2. The summed E-state index contributed by atoms with van der Waals surface area (Å²) < 4.78 is 50.9. The van der Waals surface area contributed by atoms with E-state index in [1.165, 1.54) is 43.4 Å². The van der Waals surface area contributed by atoms with Crippen molar-refractivity contribution in [2.24, 2.45) is 0 Å². The number of halogens is 1. The number of benzene rings is 2. The van der Waals surface area contributed by atoms with E-state index in [-0.39, 0.29) is 9.92 Å². The Morgan fingerprint density at radius 3 is 2.04 bits per heavy atom. The molecule has 0 aliphatic carbocycles. The molecule has 124 valence electrons. The average molecular weight is 375 g/mol. The Morgan fingerprint density at radius 2 is 1.52 bits per heavy atom. The Labute approximate surface area is 140 Å². The van der Waals surface area contributed by atoms with Crippen LogP contribution in [0.2, 0.25) is 5.02 Å². The van der Waals surface area contributed by atoms with Gasteiger partial charge in [0.05, 0.1) is 17.0 Å². The molecule has 0 aliphatic rings. The van der Waals surface area contributed by atoms with Crippen LogP contribution in [0.15, 0.2) is 53.4 Å². The first-order valence-corrected chi connectivity index (χ1v) is 10.1. The molecule has 9 heteroatoms. The summed E-state index contributed by atoms with van der Waals surface area (Å²) in [4.78, 5) is 0.00232. The lowest BCUT2D eigenvalue weighted by Crippen LogP contribution is -2.26. The monoisotopic (exact) mass is 374 g/mol. The second-order valence-electron chi connectivity index (χ2n) is 4.82. The number of nitrogens with zero attached hydrogens (tertiary/aromatic N) is 1. The fourth-order valence-corrected chi connectivity index (χ4v) is 4.15. The molecule has 0 spiro atoms. The molecule has 0 atom stereocenters. The molecule has 2 aromatic rings. The summed E-state index contributed by atoms with van der Waals surface area (Å²) in [5.74, 6) is 0. The third kappa shape index (κ3) is 4.15. The Hall–Kier alpha value is -1.77. The smallest absolute Gasteiger partial charge is 0.265 e. The molecule has 1 N–H and O–H groups in total. The van der Waals surface area contributed by atoms with E-state index >= 15 is 0 Å². The quantitative estimate of drug-likeness (QED) is 0.871. The highest BCUT2D eigenvalue weighted by atomic mass is 35.5. The molecule has 6 nitrogen and oxygen atoms in total. The third-order valence-corrected chi connectivity index (χ3v) is 5.90. The maximum Gasteiger partial charge on any atom is 0.265 e. The Bertz CT molecular complexity index is 910. The van der Waals surface area contributed by atoms with Gasteiger partial charge in [0, 0.05) is 12.7 Å². The van der Waals surface area contributed by atoms with Crippen molar-refractivity contribution in [2.75, 3.05) is 22.3 Å². The van der Waals surface area contributed by atoms with Gasteiger partial charge in [-0.3, -0.25) is 9.03 Å². The molecule has 2 aromatic carbocycles. The van der Waals surface area contributed by atoms with E-state index in [2.05, 4.69) is 4.72 Å². The van der Waals surface area contributed by atoms with Gasteiger partial charge in [-0.1, -0.05) is 23.7 Å². The summed E-state index contributed by atoms with van der Waals surface area (Å²) in [7, 11) is -5.79. The SMILES string of the molecule is CN(c1ccc(NS(C)(=O)=O)cc1)S(=O)(=O)c1ccccc1Cl. The van der Waals surface area contributed by atoms with Gasteiger partial charge in [-0.15, -0.1) is 0 Å². The maximum atomic E-state index is 12.6. The second kappa shape index (κ2) is 6.38. The standard InChI is InChI=1S/C14H15ClN2O4S2/c1-17(23(20,21)14-6-4-3-5-13(14)15)12-9-7-11(8-10-12)16-22(2,18)19/h3-10,16H,1-2H3. The molecule has 23 heavy (non-hydrogen) atoms. The summed E-state index contributed by atoms with van der Waals surface area (Å²) >= 11 is 5.96. The van der Waals surface area contributed by atoms with Crippen LogP contribution in [0, 0.1) is 0 Å². The van der Waals surface area contributed by atoms with Crippen LogP contribution in [-0.2, 0) is 20.0 Å². The largest absolute Gasteiger partial charge is 0.284 e. The second-order valence-corrected chi connectivity index (χ2v) is 8.92. The summed E-state index contributed by atoms with van der Waals surface area (Å²) in [5.41, 5.74) is 0.726. The molecule has 0 aromatic heterocycles. The predicted octanol–water partition coefficient (Wildman–Crippen LogP) is 2.54. The molecule has 0 aliphatic heterocycles. The van der Waals surface area contributed by atoms with E-state index in [0.29, 0.717) is 11.4 Å². The van der Waals surface area contributed by atoms with Crippen molar-refractivity contribution in [2.45, 2.75) is 4.90 Å². The van der Waals surface area contributed by atoms with Gasteiger partial charge in [0.15, 0.2) is 0 Å². The van der Waals surface area contributed by atoms with Crippen LogP contribution in [0.5, 0.6) is 0 Å². The fourth-order valence-electron chi connectivity index (χ4n) is 1.89. The van der Waals surface area contributed by atoms with Gasteiger partial charge in [0.2, 0.25) is 10.0 Å². The molecular weight excluding hydrogens is 360 g/mol. The van der Waals surface area contributed by atoms with E-state index in [4.69, 9.17) is 11.6 Å². The zero-order valence-corrected chi connectivity index (χ0v) is 14.8. The van der Waals surface area contributed by atoms with Gasteiger partial charge in [-0.2, -0.15) is 0 Å². The van der Waals surface area contributed by atoms with Gasteiger partial charge < -0.3 is 0 Å². The molecule has 0 heterocycles. The number of anilines is 2. The molecule has 0 unspecified atom stereocenters. The van der Waals surface area contributed by atoms with E-state index < -0.39 is 20.0 Å². The van der Waals surface area contributed by atoms with Crippen molar-refractivity contribution in [1.82, 2.24) is 0 Å². The van der Waals surface area contributed by atoms with Crippen LogP contribution in [0.4, 0.5) is 11.4 Å². The molecule has 0 bridgehead atoms. The van der Waals surface area contributed by atoms with Crippen molar-refractivity contribution >= 4 is 43.0 Å². The number of hydrogen-bond donors (Lipinski definition) is 1. The topological polar surface area (TPSA) is 83.6 Å². The molecule has 2 rings (SSSR count). The first-order chi connectivity index (χ1) is 10.6. The number of nitrogens with one attached hydrogen (secondary N) is 1. The lowest BCUT2D eigenvalue weighted by Gasteiger charge is -2.20. The van der Waals surface area contributed by atoms with Crippen LogP contribution in [0.3, 0.4) is 0 Å². The van der Waals surface area contributed by atoms with E-state index in [9.17, 15) is 16.8 Å². The molecule has 0 saturated carbocycles. The zero-order valence-electron chi connectivity index (χ0n) is 12.4. The summed E-state index contributed by atoms with van der Waals surface area (Å²) in [6.45, 7) is 0. The molecule has 0 radical (unpaired) electrons. The first kappa shape index (κ1) is 17.6. The molecule has 0 saturated heterocycles. The predicted molar refractivity (Wildman–Crippen MR) is 91.9 cm³/mol. The molecule has 0 fully saturated rings. The zero-order chi connectivity index (χ0) is 17.3. The average Bonchev–Trinajstić information content (AvgIpc) is 2.46. The van der Waals surface area contributed by atoms with Crippen LogP contribution < -0.4 is 9.03 Å². The van der Waals surface area contributed by atoms with Crippen molar-refractivity contribution in [3.63, 3.8) is 0 Å². The summed E-state index contributed by atoms with van der Waals surface area (Å²) in [6, 6.07) is 12.1. The lowest BCUT2D eigenvalue weighted by molar-refractivity contribution is 0.594. The fraction of sp³-hybridized carbons (Fsp3) is 0.143. The summed E-state index contributed by atoms with van der Waals surface area (Å²) in [6.07, 6.45) is 1.04. The van der Waals surface area contributed by atoms with Gasteiger partial charge in [-0.25, -0.2) is 16.8 Å². The van der Waals surface area contributed by atoms with Gasteiger partial charge in [0.25, 0.3) is 10.0 Å². The normalized spacial score (nSPS) is 12.0. The van der Waals surface area contributed by atoms with Crippen LogP contribution >= 0.6 is 11.6 Å². The number of rotatable bonds is 5. The van der Waals surface area contributed by atoms with Gasteiger partial charge in [0.1, 0.15) is 4.90 Å². The first-order valence-electron chi connectivity index (χ1n) is 6.42. The van der Waals surface area contributed by atoms with Crippen molar-refractivity contribution in [3.05, 3.63) is 53.6 Å². The molecule has 0 amide bonds. The van der Waals surface area contributed by atoms with Crippen LogP contribution in [-0.4, -0.2) is 30.1 Å². The van der Waals surface area contributed by atoms with Crippen LogP contribution in [0.1, 0.15) is 0 Å². The van der Waals surface area contributed by atoms with E-state index in [0.717, 1.165) is 10.6 Å². The Morgan fingerprint density at radius 1 is 0.957 bits per heavy atom. The summed E-state index contributed by atoms with van der Waals surface area (Å²) in [5, 5.41) is 0.134. The molecular formula is C14H15ClN2O4S2. The van der Waals surface area contributed by atoms with Gasteiger partial charge >= 0.3 is 0 Å². The third-order valence-electron chi connectivity index (χ3n) is 3.01. The maximum absolute atomic E-state index is 12.6. The van der Waals surface area contributed by atoms with E-state index in [1.807, 2.05) is 0 Å². The lowest BCUT2D eigenvalue weighted by atomic mass is 10.3. The van der Waals surface area contributed by atoms with Crippen molar-refractivity contribution in [3.8, 4) is 0 Å². The minimum Gasteiger partial charge on any atom is -0.284 e. The van der Waals surface area contributed by atoms with Crippen molar-refractivity contribution < 1.29 is 16.8 Å². The Kier molecular flexibility index (Phi) is 4.88. The minimum absolute atomic E-state index is 0.00232. The highest BCUT2D eigenvalue weighted by Crippen LogP contribution is 2.27. The van der Waals surface area contributed by atoms with E-state index in [1.54, 1.807) is 12.1 Å². The highest BCUT2D eigenvalue weighted by molar-refractivity contribution is 7.93. The van der Waals surface area contributed by atoms with Crippen LogP contribution in [0.25, 0.3) is 0 Å². The minimum atomic E-state index is -3.81. The van der Waals surface area contributed by atoms with Gasteiger partial charge in [-0.05, 0) is 36.4 Å².